The number of hydrogen-bond acceptors (Lipinski definition) is 3. The average molecular weight is 429 g/mol. The van der Waals surface area contributed by atoms with Crippen LogP contribution in [-0.4, -0.2) is 29.2 Å². The molecule has 1 N–H and O–H groups in total. The summed E-state index contributed by atoms with van der Waals surface area (Å²) in [4.78, 5) is 39.7. The summed E-state index contributed by atoms with van der Waals surface area (Å²) in [6, 6.07) is 3.84. The minimum Gasteiger partial charge on any atom is -0.324 e. The number of anilines is 1. The van der Waals surface area contributed by atoms with Crippen molar-refractivity contribution < 1.29 is 14.4 Å². The fourth-order valence-electron chi connectivity index (χ4n) is 5.42. The molecular formula is C21H21BrN2O3. The molecule has 0 spiro atoms. The van der Waals surface area contributed by atoms with Crippen molar-refractivity contribution in [2.75, 3.05) is 11.9 Å². The SMILES string of the molecule is Cc1cc(NC(=O)CN2C(=O)C3C4C=CC(C5CC45)C3C2=O)c(C)cc1Br. The van der Waals surface area contributed by atoms with Gasteiger partial charge in [0.1, 0.15) is 6.54 Å². The number of carbonyl (C=O) groups is 3. The van der Waals surface area contributed by atoms with E-state index in [0.29, 0.717) is 17.5 Å². The highest BCUT2D eigenvalue weighted by Crippen LogP contribution is 2.65. The smallest absolute Gasteiger partial charge is 0.244 e. The number of halogens is 1. The van der Waals surface area contributed by atoms with Gasteiger partial charge in [-0.2, -0.15) is 0 Å². The molecule has 0 aromatic heterocycles. The fraction of sp³-hybridized carbons (Fsp3) is 0.476. The van der Waals surface area contributed by atoms with Gasteiger partial charge in [0.25, 0.3) is 0 Å². The standard InChI is InChI=1S/C21H21BrN2O3/c1-9-6-16(10(2)5-15(9)22)23-17(25)8-24-20(26)18-11-3-4-12(14-7-13(11)14)19(18)21(24)27/h3-6,11-14,18-19H,7-8H2,1-2H3,(H,23,25). The van der Waals surface area contributed by atoms with Gasteiger partial charge in [-0.1, -0.05) is 28.1 Å². The van der Waals surface area contributed by atoms with Crippen molar-refractivity contribution in [1.82, 2.24) is 4.90 Å². The lowest BCUT2D eigenvalue weighted by molar-refractivity contribution is -0.142. The minimum absolute atomic E-state index is 0.159. The molecule has 6 rings (SSSR count). The molecule has 4 aliphatic carbocycles. The van der Waals surface area contributed by atoms with Gasteiger partial charge in [0.15, 0.2) is 0 Å². The second-order valence-corrected chi connectivity index (χ2v) is 9.24. The average Bonchev–Trinajstić information content (AvgIpc) is 3.41. The van der Waals surface area contributed by atoms with Crippen LogP contribution in [0.4, 0.5) is 5.69 Å². The van der Waals surface area contributed by atoms with E-state index in [0.717, 1.165) is 22.0 Å². The molecule has 140 valence electrons. The van der Waals surface area contributed by atoms with E-state index >= 15 is 0 Å². The largest absolute Gasteiger partial charge is 0.324 e. The van der Waals surface area contributed by atoms with Gasteiger partial charge >= 0.3 is 0 Å². The van der Waals surface area contributed by atoms with Gasteiger partial charge in [-0.3, -0.25) is 19.3 Å². The number of nitrogens with zero attached hydrogens (tertiary/aromatic N) is 1. The molecule has 6 unspecified atom stereocenters. The van der Waals surface area contributed by atoms with Crippen molar-refractivity contribution in [2.45, 2.75) is 20.3 Å². The topological polar surface area (TPSA) is 66.5 Å². The Morgan fingerprint density at radius 2 is 1.67 bits per heavy atom. The highest BCUT2D eigenvalue weighted by Gasteiger charge is 2.67. The molecule has 1 saturated heterocycles. The predicted molar refractivity (Wildman–Crippen MR) is 104 cm³/mol. The Balaban J connectivity index is 1.33. The van der Waals surface area contributed by atoms with Crippen molar-refractivity contribution in [3.63, 3.8) is 0 Å². The van der Waals surface area contributed by atoms with E-state index < -0.39 is 0 Å². The predicted octanol–water partition coefficient (Wildman–Crippen LogP) is 3.06. The van der Waals surface area contributed by atoms with Crippen LogP contribution in [0.1, 0.15) is 17.5 Å². The lowest BCUT2D eigenvalue weighted by atomic mass is 9.63. The number of amides is 3. The number of allylic oxidation sites excluding steroid dienone is 2. The van der Waals surface area contributed by atoms with Crippen LogP contribution in [0.15, 0.2) is 28.8 Å². The third-order valence-corrected chi connectivity index (χ3v) is 7.69. The Labute approximate surface area is 166 Å². The van der Waals surface area contributed by atoms with Crippen LogP contribution >= 0.6 is 15.9 Å². The van der Waals surface area contributed by atoms with Crippen LogP contribution in [0.25, 0.3) is 0 Å². The van der Waals surface area contributed by atoms with E-state index in [2.05, 4.69) is 33.4 Å². The Hall–Kier alpha value is -1.95. The number of likely N-dealkylation sites (tertiary alicyclic amines) is 1. The summed E-state index contributed by atoms with van der Waals surface area (Å²) in [5.41, 5.74) is 2.65. The monoisotopic (exact) mass is 428 g/mol. The van der Waals surface area contributed by atoms with Gasteiger partial charge < -0.3 is 5.32 Å². The van der Waals surface area contributed by atoms with Crippen LogP contribution in [0.2, 0.25) is 0 Å². The Morgan fingerprint density at radius 3 is 2.26 bits per heavy atom. The van der Waals surface area contributed by atoms with Gasteiger partial charge in [-0.05, 0) is 67.2 Å². The Morgan fingerprint density at radius 1 is 1.07 bits per heavy atom. The first-order valence-corrected chi connectivity index (χ1v) is 10.3. The molecular weight excluding hydrogens is 408 g/mol. The number of nitrogens with one attached hydrogen (secondary N) is 1. The van der Waals surface area contributed by atoms with Gasteiger partial charge in [0.05, 0.1) is 11.8 Å². The molecule has 2 saturated carbocycles. The number of benzene rings is 1. The van der Waals surface area contributed by atoms with E-state index in [-0.39, 0.29) is 47.9 Å². The van der Waals surface area contributed by atoms with Gasteiger partial charge in [-0.15, -0.1) is 0 Å². The molecule has 0 radical (unpaired) electrons. The Bertz CT molecular complexity index is 888. The van der Waals surface area contributed by atoms with E-state index in [1.54, 1.807) is 0 Å². The summed E-state index contributed by atoms with van der Waals surface area (Å²) in [7, 11) is 0. The molecule has 6 atom stereocenters. The molecule has 5 nitrogen and oxygen atoms in total. The van der Waals surface area contributed by atoms with E-state index in [4.69, 9.17) is 0 Å². The molecule has 1 heterocycles. The normalized spacial score (nSPS) is 35.3. The molecule has 1 aromatic rings. The zero-order chi connectivity index (χ0) is 19.0. The number of rotatable bonds is 3. The number of hydrogen-bond donors (Lipinski definition) is 1. The summed E-state index contributed by atoms with van der Waals surface area (Å²) in [6.45, 7) is 3.66. The van der Waals surface area contributed by atoms with Crippen molar-refractivity contribution in [3.05, 3.63) is 39.9 Å². The van der Waals surface area contributed by atoms with Gasteiger partial charge in [0, 0.05) is 10.2 Å². The van der Waals surface area contributed by atoms with Gasteiger partial charge in [-0.25, -0.2) is 0 Å². The molecule has 6 heteroatoms. The summed E-state index contributed by atoms with van der Waals surface area (Å²) in [5.74, 6) is 0.367. The molecule has 3 amide bonds. The maximum atomic E-state index is 12.9. The van der Waals surface area contributed by atoms with Gasteiger partial charge in [0.2, 0.25) is 17.7 Å². The quantitative estimate of drug-likeness (QED) is 0.594. The lowest BCUT2D eigenvalue weighted by Gasteiger charge is -2.37. The first-order valence-electron chi connectivity index (χ1n) is 9.47. The molecule has 2 bridgehead atoms. The lowest BCUT2D eigenvalue weighted by Crippen LogP contribution is -2.40. The zero-order valence-corrected chi connectivity index (χ0v) is 16.8. The van der Waals surface area contributed by atoms with Crippen LogP contribution in [-0.2, 0) is 14.4 Å². The molecule has 1 aromatic carbocycles. The number of imide groups is 1. The second-order valence-electron chi connectivity index (χ2n) is 8.38. The van der Waals surface area contributed by atoms with Crippen LogP contribution in [0.5, 0.6) is 0 Å². The third kappa shape index (κ3) is 2.45. The van der Waals surface area contributed by atoms with Crippen LogP contribution in [0.3, 0.4) is 0 Å². The molecule has 27 heavy (non-hydrogen) atoms. The van der Waals surface area contributed by atoms with E-state index in [1.165, 1.54) is 4.90 Å². The molecule has 3 fully saturated rings. The van der Waals surface area contributed by atoms with E-state index in [1.807, 2.05) is 26.0 Å². The summed E-state index contributed by atoms with van der Waals surface area (Å²) >= 11 is 3.48. The third-order valence-electron chi connectivity index (χ3n) is 6.84. The highest BCUT2D eigenvalue weighted by molar-refractivity contribution is 9.10. The maximum Gasteiger partial charge on any atom is 0.244 e. The van der Waals surface area contributed by atoms with Crippen molar-refractivity contribution >= 4 is 39.3 Å². The maximum absolute atomic E-state index is 12.9. The van der Waals surface area contributed by atoms with Crippen molar-refractivity contribution in [3.8, 4) is 0 Å². The van der Waals surface area contributed by atoms with E-state index in [9.17, 15) is 14.4 Å². The number of aryl methyl sites for hydroxylation is 2. The van der Waals surface area contributed by atoms with Crippen LogP contribution < -0.4 is 5.32 Å². The molecule has 5 aliphatic rings. The number of carbonyl (C=O) groups excluding carboxylic acids is 3. The minimum atomic E-state index is -0.328. The first kappa shape index (κ1) is 17.2. The summed E-state index contributed by atoms with van der Waals surface area (Å²) < 4.78 is 0.980. The first-order chi connectivity index (χ1) is 12.9. The summed E-state index contributed by atoms with van der Waals surface area (Å²) in [5, 5.41) is 2.86. The highest BCUT2D eigenvalue weighted by atomic mass is 79.9. The van der Waals surface area contributed by atoms with Crippen molar-refractivity contribution in [2.24, 2.45) is 35.5 Å². The zero-order valence-electron chi connectivity index (χ0n) is 15.2. The van der Waals surface area contributed by atoms with Crippen molar-refractivity contribution in [1.29, 1.82) is 0 Å². The fourth-order valence-corrected chi connectivity index (χ4v) is 5.88. The summed E-state index contributed by atoms with van der Waals surface area (Å²) in [6.07, 6.45) is 5.42. The molecule has 1 aliphatic heterocycles. The Kier molecular flexibility index (Phi) is 3.67. The second kappa shape index (κ2) is 5.77. The van der Waals surface area contributed by atoms with Crippen LogP contribution in [0, 0.1) is 49.4 Å².